The molecule has 4 nitrogen and oxygen atoms in total. The van der Waals surface area contributed by atoms with E-state index in [0.29, 0.717) is 25.2 Å². The summed E-state index contributed by atoms with van der Waals surface area (Å²) in [5.41, 5.74) is 0.863. The third-order valence-electron chi connectivity index (χ3n) is 9.38. The second-order valence-electron chi connectivity index (χ2n) is 10.6. The molecule has 29 heavy (non-hydrogen) atoms. The van der Waals surface area contributed by atoms with Gasteiger partial charge in [0.2, 0.25) is 4.87 Å². The van der Waals surface area contributed by atoms with Crippen molar-refractivity contribution in [3.8, 4) is 6.07 Å². The lowest BCUT2D eigenvalue weighted by molar-refractivity contribution is -0.177. The third-order valence-corrected chi connectivity index (χ3v) is 10.0. The van der Waals surface area contributed by atoms with Crippen molar-refractivity contribution < 1.29 is 14.3 Å². The van der Waals surface area contributed by atoms with Crippen molar-refractivity contribution in [2.24, 2.45) is 34.0 Å². The molecule has 4 aliphatic rings. The predicted molar refractivity (Wildman–Crippen MR) is 111 cm³/mol. The molecule has 4 rings (SSSR count). The molecule has 3 saturated carbocycles. The lowest BCUT2D eigenvalue weighted by Gasteiger charge is -2.66. The van der Waals surface area contributed by atoms with Crippen LogP contribution in [0.3, 0.4) is 0 Å². The molecule has 5 heteroatoms. The summed E-state index contributed by atoms with van der Waals surface area (Å²) in [7, 11) is 1.30. The largest absolute Gasteiger partial charge is 0.467 e. The van der Waals surface area contributed by atoms with Crippen molar-refractivity contribution in [1.29, 1.82) is 5.26 Å². The van der Waals surface area contributed by atoms with Crippen LogP contribution in [-0.4, -0.2) is 23.7 Å². The van der Waals surface area contributed by atoms with Crippen molar-refractivity contribution >= 4 is 23.4 Å². The molecule has 0 saturated heterocycles. The van der Waals surface area contributed by atoms with E-state index in [0.717, 1.165) is 25.7 Å². The first-order chi connectivity index (χ1) is 13.6. The van der Waals surface area contributed by atoms with E-state index in [2.05, 4.69) is 32.9 Å². The number of methoxy groups -OCH3 is 1. The lowest BCUT2D eigenvalue weighted by Crippen LogP contribution is -2.66. The fourth-order valence-corrected chi connectivity index (χ4v) is 8.63. The van der Waals surface area contributed by atoms with E-state index in [1.165, 1.54) is 12.7 Å². The number of esters is 1. The summed E-state index contributed by atoms with van der Waals surface area (Å²) in [4.78, 5) is 23.9. The van der Waals surface area contributed by atoms with Crippen molar-refractivity contribution in [2.45, 2.75) is 77.0 Å². The van der Waals surface area contributed by atoms with Crippen LogP contribution < -0.4 is 0 Å². The van der Waals surface area contributed by atoms with Crippen molar-refractivity contribution in [2.75, 3.05) is 7.11 Å². The van der Waals surface area contributed by atoms with Gasteiger partial charge in [-0.15, -0.1) is 0 Å². The second-order valence-corrected chi connectivity index (χ2v) is 11.2. The highest BCUT2D eigenvalue weighted by Crippen LogP contribution is 2.71. The minimum atomic E-state index is -1.60. The SMILES string of the molecule is COC(=O)[C@@]1(Cl)C(=O)CC[C@]2(C)[C@@H]1CC[C@]1(C#N)[C@H]3CC=C(C)C[C@]3(C)CC[C@@H]21. The summed E-state index contributed by atoms with van der Waals surface area (Å²) in [5.74, 6) is -0.640. The van der Waals surface area contributed by atoms with E-state index in [4.69, 9.17) is 16.3 Å². The lowest BCUT2D eigenvalue weighted by atomic mass is 9.37. The molecule has 158 valence electrons. The summed E-state index contributed by atoms with van der Waals surface area (Å²) in [6.45, 7) is 6.75. The molecule has 0 spiro atoms. The molecule has 4 aliphatic carbocycles. The Hall–Kier alpha value is -1.34. The zero-order valence-corrected chi connectivity index (χ0v) is 18.8. The molecule has 0 N–H and O–H groups in total. The monoisotopic (exact) mass is 417 g/mol. The van der Waals surface area contributed by atoms with E-state index < -0.39 is 16.3 Å². The smallest absolute Gasteiger partial charge is 0.334 e. The van der Waals surface area contributed by atoms with E-state index in [1.54, 1.807) is 0 Å². The Morgan fingerprint density at radius 3 is 2.55 bits per heavy atom. The molecule has 0 aliphatic heterocycles. The molecule has 0 unspecified atom stereocenters. The van der Waals surface area contributed by atoms with E-state index in [1.807, 2.05) is 0 Å². The number of carbonyl (C=O) groups excluding carboxylic acids is 2. The number of fused-ring (bicyclic) bond motifs is 5. The van der Waals surface area contributed by atoms with E-state index in [-0.39, 0.29) is 34.9 Å². The standard InChI is InChI=1S/C24H32ClNO3/c1-15-5-6-16-21(2,13-15)10-7-17-22(3)11-9-19(27)24(25,20(28)29-4)18(22)8-12-23(16,17)14-26/h5,16-18H,6-13H2,1-4H3/t16-,17-,18-,21-,22-,23-,24-/m0/s1. The molecule has 0 heterocycles. The Bertz CT molecular complexity index is 820. The first-order valence-electron chi connectivity index (χ1n) is 11.0. The summed E-state index contributed by atoms with van der Waals surface area (Å²) in [6.07, 6.45) is 8.71. The predicted octanol–water partition coefficient (Wildman–Crippen LogP) is 5.20. The highest BCUT2D eigenvalue weighted by Gasteiger charge is 2.70. The number of allylic oxidation sites excluding steroid dienone is 2. The highest BCUT2D eigenvalue weighted by atomic mass is 35.5. The fourth-order valence-electron chi connectivity index (χ4n) is 8.10. The van der Waals surface area contributed by atoms with Gasteiger partial charge < -0.3 is 4.74 Å². The zero-order valence-electron chi connectivity index (χ0n) is 18.0. The average Bonchev–Trinajstić information content (AvgIpc) is 2.69. The van der Waals surface area contributed by atoms with Gasteiger partial charge in [-0.2, -0.15) is 5.26 Å². The van der Waals surface area contributed by atoms with Gasteiger partial charge in [-0.3, -0.25) is 4.79 Å². The summed E-state index contributed by atoms with van der Waals surface area (Å²) < 4.78 is 4.99. The van der Waals surface area contributed by atoms with Crippen LogP contribution in [0, 0.1) is 45.3 Å². The van der Waals surface area contributed by atoms with Crippen LogP contribution in [0.5, 0.6) is 0 Å². The Balaban J connectivity index is 1.80. The fraction of sp³-hybridized carbons (Fsp3) is 0.792. The van der Waals surface area contributed by atoms with Gasteiger partial charge >= 0.3 is 5.97 Å². The first-order valence-corrected chi connectivity index (χ1v) is 11.3. The van der Waals surface area contributed by atoms with Crippen LogP contribution in [0.25, 0.3) is 0 Å². The number of ketones is 1. The Morgan fingerprint density at radius 2 is 1.90 bits per heavy atom. The minimum Gasteiger partial charge on any atom is -0.467 e. The Labute approximate surface area is 179 Å². The third kappa shape index (κ3) is 2.55. The number of halogens is 1. The number of Topliss-reactive ketones (excluding diaryl/α,β-unsaturated/α-hetero) is 1. The van der Waals surface area contributed by atoms with Gasteiger partial charge in [-0.25, -0.2) is 4.79 Å². The van der Waals surface area contributed by atoms with Gasteiger partial charge in [0.05, 0.1) is 18.6 Å². The Morgan fingerprint density at radius 1 is 1.21 bits per heavy atom. The molecular formula is C24H32ClNO3. The van der Waals surface area contributed by atoms with E-state index >= 15 is 0 Å². The van der Waals surface area contributed by atoms with Crippen LogP contribution in [0.2, 0.25) is 0 Å². The quantitative estimate of drug-likeness (QED) is 0.254. The maximum Gasteiger partial charge on any atom is 0.334 e. The van der Waals surface area contributed by atoms with Crippen molar-refractivity contribution in [3.63, 3.8) is 0 Å². The number of carbonyl (C=O) groups is 2. The molecule has 0 radical (unpaired) electrons. The molecule has 0 aromatic carbocycles. The van der Waals surface area contributed by atoms with Gasteiger partial charge in [-0.1, -0.05) is 37.1 Å². The summed E-state index contributed by atoms with van der Waals surface area (Å²) >= 11 is 6.83. The number of nitrogens with zero attached hydrogens (tertiary/aromatic N) is 1. The molecule has 0 aromatic rings. The number of hydrogen-bond donors (Lipinski definition) is 0. The van der Waals surface area contributed by atoms with Crippen LogP contribution in [-0.2, 0) is 14.3 Å². The van der Waals surface area contributed by atoms with Crippen LogP contribution in [0.4, 0.5) is 0 Å². The maximum atomic E-state index is 12.8. The molecular weight excluding hydrogens is 386 g/mol. The average molecular weight is 418 g/mol. The number of hydrogen-bond acceptors (Lipinski definition) is 4. The molecule has 0 aromatic heterocycles. The number of rotatable bonds is 1. The normalized spacial score (nSPS) is 49.0. The zero-order chi connectivity index (χ0) is 21.2. The van der Waals surface area contributed by atoms with Crippen LogP contribution in [0.1, 0.15) is 72.1 Å². The second kappa shape index (κ2) is 6.58. The van der Waals surface area contributed by atoms with E-state index in [9.17, 15) is 14.9 Å². The van der Waals surface area contributed by atoms with Gasteiger partial charge in [0, 0.05) is 12.3 Å². The first kappa shape index (κ1) is 20.9. The van der Waals surface area contributed by atoms with Gasteiger partial charge in [0.25, 0.3) is 0 Å². The number of ether oxygens (including phenoxy) is 1. The molecule has 0 amide bonds. The molecule has 0 bridgehead atoms. The number of nitriles is 1. The minimum absolute atomic E-state index is 0.152. The van der Waals surface area contributed by atoms with Gasteiger partial charge in [0.15, 0.2) is 5.78 Å². The van der Waals surface area contributed by atoms with Crippen molar-refractivity contribution in [1.82, 2.24) is 0 Å². The number of alkyl halides is 1. The summed E-state index contributed by atoms with van der Waals surface area (Å²) in [6, 6.07) is 2.83. The van der Waals surface area contributed by atoms with Crippen LogP contribution >= 0.6 is 11.6 Å². The molecule has 7 atom stereocenters. The highest BCUT2D eigenvalue weighted by molar-refractivity contribution is 6.46. The van der Waals surface area contributed by atoms with Gasteiger partial charge in [-0.05, 0) is 74.5 Å². The topological polar surface area (TPSA) is 67.2 Å². The molecule has 3 fully saturated rings. The maximum absolute atomic E-state index is 12.8. The van der Waals surface area contributed by atoms with Crippen molar-refractivity contribution in [3.05, 3.63) is 11.6 Å². The Kier molecular flexibility index (Phi) is 4.74. The van der Waals surface area contributed by atoms with Crippen LogP contribution in [0.15, 0.2) is 11.6 Å². The van der Waals surface area contributed by atoms with Gasteiger partial charge in [0.1, 0.15) is 0 Å². The summed E-state index contributed by atoms with van der Waals surface area (Å²) in [5, 5.41) is 10.6.